The van der Waals surface area contributed by atoms with Gasteiger partial charge in [-0.15, -0.1) is 0 Å². The van der Waals surface area contributed by atoms with E-state index in [2.05, 4.69) is 27.7 Å². The standard InChI is InChI=1S/C34H58O10/c1-17(19(3)15-35)7-8-18(2)25-27(39)28(40)30-33(25,5)12-10-24-32(4)11-9-20(13-21(32)22(36)14-34(24,30)41)44-31-29(42-6)26(38)23(37)16-43-31/h13,17-20,22-31,35-41H,7-12,14-16H2,1-6H3. The first-order valence-corrected chi connectivity index (χ1v) is 16.9. The summed E-state index contributed by atoms with van der Waals surface area (Å²) in [6, 6.07) is 0. The predicted molar refractivity (Wildman–Crippen MR) is 162 cm³/mol. The topological polar surface area (TPSA) is 169 Å². The van der Waals surface area contributed by atoms with Crippen molar-refractivity contribution in [1.29, 1.82) is 0 Å². The third kappa shape index (κ3) is 5.53. The molecule has 1 aliphatic heterocycles. The summed E-state index contributed by atoms with van der Waals surface area (Å²) in [5.41, 5.74) is -1.55. The van der Waals surface area contributed by atoms with Crippen molar-refractivity contribution in [3.63, 3.8) is 0 Å². The first kappa shape index (κ1) is 34.7. The number of hydrogen-bond donors (Lipinski definition) is 7. The zero-order valence-corrected chi connectivity index (χ0v) is 27.4. The number of aliphatic hydroxyl groups is 7. The Morgan fingerprint density at radius 3 is 2.32 bits per heavy atom. The van der Waals surface area contributed by atoms with E-state index in [1.165, 1.54) is 7.11 Å². The van der Waals surface area contributed by atoms with Gasteiger partial charge in [0.1, 0.15) is 18.3 Å². The van der Waals surface area contributed by atoms with E-state index in [4.69, 9.17) is 14.2 Å². The normalized spacial score (nSPS) is 51.0. The van der Waals surface area contributed by atoms with Gasteiger partial charge in [-0.25, -0.2) is 0 Å². The molecule has 5 aliphatic rings. The number of ether oxygens (including phenoxy) is 3. The number of aliphatic hydroxyl groups excluding tert-OH is 6. The molecular formula is C34H58O10. The number of rotatable bonds is 9. The van der Waals surface area contributed by atoms with Gasteiger partial charge in [0.05, 0.1) is 36.6 Å². The highest BCUT2D eigenvalue weighted by molar-refractivity contribution is 5.33. The Morgan fingerprint density at radius 2 is 1.66 bits per heavy atom. The summed E-state index contributed by atoms with van der Waals surface area (Å²) < 4.78 is 17.3. The lowest BCUT2D eigenvalue weighted by Crippen LogP contribution is -2.66. The zero-order chi connectivity index (χ0) is 32.4. The van der Waals surface area contributed by atoms with Crippen molar-refractivity contribution in [3.05, 3.63) is 11.6 Å². The van der Waals surface area contributed by atoms with Gasteiger partial charge in [0.2, 0.25) is 0 Å². The van der Waals surface area contributed by atoms with Crippen LogP contribution < -0.4 is 0 Å². The van der Waals surface area contributed by atoms with Crippen LogP contribution in [-0.4, -0.2) is 111 Å². The largest absolute Gasteiger partial charge is 0.396 e. The molecule has 0 spiro atoms. The van der Waals surface area contributed by atoms with Crippen molar-refractivity contribution in [1.82, 2.24) is 0 Å². The van der Waals surface area contributed by atoms with Crippen LogP contribution in [0.2, 0.25) is 0 Å². The molecule has 17 atom stereocenters. The lowest BCUT2D eigenvalue weighted by molar-refractivity contribution is -0.285. The van der Waals surface area contributed by atoms with Gasteiger partial charge in [0, 0.05) is 26.1 Å². The Morgan fingerprint density at radius 1 is 0.955 bits per heavy atom. The fourth-order valence-electron chi connectivity index (χ4n) is 10.6. The Kier molecular flexibility index (Phi) is 10.0. The Bertz CT molecular complexity index is 1040. The maximum atomic E-state index is 12.7. The van der Waals surface area contributed by atoms with Crippen molar-refractivity contribution in [3.8, 4) is 0 Å². The van der Waals surface area contributed by atoms with Gasteiger partial charge in [-0.2, -0.15) is 0 Å². The number of fused-ring (bicyclic) bond motifs is 5. The van der Waals surface area contributed by atoms with Crippen LogP contribution in [0.15, 0.2) is 11.6 Å². The minimum atomic E-state index is -1.35. The lowest BCUT2D eigenvalue weighted by atomic mass is 9.43. The molecule has 4 aliphatic carbocycles. The molecule has 0 amide bonds. The van der Waals surface area contributed by atoms with Crippen LogP contribution in [-0.2, 0) is 14.2 Å². The summed E-state index contributed by atoms with van der Waals surface area (Å²) in [5, 5.41) is 77.4. The second kappa shape index (κ2) is 12.7. The SMILES string of the molecule is COC1C(OC2C=C3C(O)CC4(O)C(CCC5(C)C(C(C)CCC(C)C(C)CO)C(O)C(O)C54)C3(C)CC2)OCC(O)C1O. The summed E-state index contributed by atoms with van der Waals surface area (Å²) in [5.74, 6) is -0.309. The van der Waals surface area contributed by atoms with E-state index in [9.17, 15) is 35.7 Å². The molecule has 10 nitrogen and oxygen atoms in total. The number of methoxy groups -OCH3 is 1. The molecule has 0 aromatic heterocycles. The second-order valence-electron chi connectivity index (χ2n) is 15.7. The predicted octanol–water partition coefficient (Wildman–Crippen LogP) is 1.75. The van der Waals surface area contributed by atoms with Crippen molar-refractivity contribution < 1.29 is 50.0 Å². The fourth-order valence-corrected chi connectivity index (χ4v) is 10.6. The molecule has 10 heteroatoms. The molecule has 3 saturated carbocycles. The van der Waals surface area contributed by atoms with E-state index >= 15 is 0 Å². The molecule has 4 fully saturated rings. The molecule has 0 bridgehead atoms. The van der Waals surface area contributed by atoms with Crippen LogP contribution in [0.3, 0.4) is 0 Å². The highest BCUT2D eigenvalue weighted by atomic mass is 16.7. The van der Waals surface area contributed by atoms with Crippen LogP contribution >= 0.6 is 0 Å². The van der Waals surface area contributed by atoms with E-state index in [0.29, 0.717) is 18.8 Å². The average molecular weight is 627 g/mol. The molecule has 17 unspecified atom stereocenters. The van der Waals surface area contributed by atoms with Crippen LogP contribution in [0, 0.1) is 46.3 Å². The van der Waals surface area contributed by atoms with Gasteiger partial charge in [0.25, 0.3) is 0 Å². The maximum Gasteiger partial charge on any atom is 0.187 e. The fraction of sp³-hybridized carbons (Fsp3) is 0.941. The summed E-state index contributed by atoms with van der Waals surface area (Å²) in [6.07, 6.45) is -0.804. The van der Waals surface area contributed by atoms with E-state index < -0.39 is 71.4 Å². The van der Waals surface area contributed by atoms with Gasteiger partial charge in [-0.1, -0.05) is 53.5 Å². The summed E-state index contributed by atoms with van der Waals surface area (Å²) >= 11 is 0. The summed E-state index contributed by atoms with van der Waals surface area (Å²) in [7, 11) is 1.43. The third-order valence-corrected chi connectivity index (χ3v) is 13.2. The minimum Gasteiger partial charge on any atom is -0.396 e. The zero-order valence-electron chi connectivity index (χ0n) is 27.4. The number of hydrogen-bond acceptors (Lipinski definition) is 10. The highest BCUT2D eigenvalue weighted by Crippen LogP contribution is 2.69. The summed E-state index contributed by atoms with van der Waals surface area (Å²) in [6.45, 7) is 10.6. The van der Waals surface area contributed by atoms with Crippen molar-refractivity contribution in [2.75, 3.05) is 20.3 Å². The van der Waals surface area contributed by atoms with Crippen molar-refractivity contribution in [2.45, 2.75) is 134 Å². The quantitative estimate of drug-likeness (QED) is 0.187. The summed E-state index contributed by atoms with van der Waals surface area (Å²) in [4.78, 5) is 0. The maximum absolute atomic E-state index is 12.7. The van der Waals surface area contributed by atoms with Crippen LogP contribution in [0.4, 0.5) is 0 Å². The van der Waals surface area contributed by atoms with E-state index in [1.807, 2.05) is 13.0 Å². The first-order valence-electron chi connectivity index (χ1n) is 16.9. The molecule has 254 valence electrons. The molecule has 1 heterocycles. The van der Waals surface area contributed by atoms with E-state index in [1.54, 1.807) is 0 Å². The van der Waals surface area contributed by atoms with Crippen molar-refractivity contribution in [2.24, 2.45) is 46.3 Å². The lowest BCUT2D eigenvalue weighted by Gasteiger charge is -2.64. The molecular weight excluding hydrogens is 568 g/mol. The van der Waals surface area contributed by atoms with E-state index in [0.717, 1.165) is 31.3 Å². The molecule has 5 rings (SSSR count). The van der Waals surface area contributed by atoms with Gasteiger partial charge in [-0.05, 0) is 71.7 Å². The molecule has 7 N–H and O–H groups in total. The second-order valence-corrected chi connectivity index (χ2v) is 15.7. The van der Waals surface area contributed by atoms with Crippen LogP contribution in [0.25, 0.3) is 0 Å². The first-order chi connectivity index (χ1) is 20.6. The average Bonchev–Trinajstić information content (AvgIpc) is 3.18. The minimum absolute atomic E-state index is 0.0703. The smallest absolute Gasteiger partial charge is 0.187 e. The molecule has 44 heavy (non-hydrogen) atoms. The molecule has 0 aromatic rings. The van der Waals surface area contributed by atoms with Gasteiger partial charge >= 0.3 is 0 Å². The molecule has 0 radical (unpaired) electrons. The van der Waals surface area contributed by atoms with Gasteiger partial charge in [0.15, 0.2) is 6.29 Å². The van der Waals surface area contributed by atoms with Crippen LogP contribution in [0.1, 0.15) is 79.6 Å². The Labute approximate surface area is 262 Å². The van der Waals surface area contributed by atoms with Gasteiger partial charge < -0.3 is 50.0 Å². The Hall–Kier alpha value is -0.660. The van der Waals surface area contributed by atoms with Crippen molar-refractivity contribution >= 4 is 0 Å². The third-order valence-electron chi connectivity index (χ3n) is 13.2. The monoisotopic (exact) mass is 626 g/mol. The molecule has 1 saturated heterocycles. The molecule has 0 aromatic carbocycles. The Balaban J connectivity index is 1.36. The van der Waals surface area contributed by atoms with Gasteiger partial charge in [-0.3, -0.25) is 0 Å². The van der Waals surface area contributed by atoms with Crippen LogP contribution in [0.5, 0.6) is 0 Å². The van der Waals surface area contributed by atoms with E-state index in [-0.39, 0.29) is 43.3 Å². The highest BCUT2D eigenvalue weighted by Gasteiger charge is 2.72.